The van der Waals surface area contributed by atoms with Crippen molar-refractivity contribution < 1.29 is 0 Å². The quantitative estimate of drug-likeness (QED) is 0.725. The van der Waals surface area contributed by atoms with Gasteiger partial charge in [-0.1, -0.05) is 32.6 Å². The molecule has 2 aliphatic carbocycles. The van der Waals surface area contributed by atoms with Crippen molar-refractivity contribution in [1.29, 1.82) is 0 Å². The number of hydrogen-bond acceptors (Lipinski definition) is 1. The summed E-state index contributed by atoms with van der Waals surface area (Å²) < 4.78 is 0. The molecule has 1 heteroatoms. The lowest BCUT2D eigenvalue weighted by atomic mass is 9.66. The van der Waals surface area contributed by atoms with E-state index in [2.05, 4.69) is 18.2 Å². The van der Waals surface area contributed by atoms with Crippen LogP contribution in [-0.2, 0) is 0 Å². The highest BCUT2D eigenvalue weighted by Gasteiger charge is 2.34. The van der Waals surface area contributed by atoms with E-state index in [4.69, 9.17) is 6.42 Å². The third-order valence-electron chi connectivity index (χ3n) is 5.14. The molecule has 102 valence electrons. The van der Waals surface area contributed by atoms with Crippen LogP contribution in [0.5, 0.6) is 0 Å². The number of fused-ring (bicyclic) bond motifs is 1. The molecule has 0 bridgehead atoms. The molecule has 0 aromatic carbocycles. The molecule has 2 fully saturated rings. The highest BCUT2D eigenvalue weighted by molar-refractivity contribution is 4.95. The molecule has 2 aliphatic rings. The van der Waals surface area contributed by atoms with Crippen LogP contribution < -0.4 is 5.32 Å². The predicted octanol–water partition coefficient (Wildman–Crippen LogP) is 3.98. The molecule has 2 saturated carbocycles. The summed E-state index contributed by atoms with van der Waals surface area (Å²) in [5.41, 5.74) is 0. The lowest BCUT2D eigenvalue weighted by Gasteiger charge is -2.42. The molecule has 0 amide bonds. The Morgan fingerprint density at radius 3 is 2.67 bits per heavy atom. The minimum absolute atomic E-state index is 0.581. The number of terminal acetylenes is 1. The molecular formula is C17H29N. The Bertz CT molecular complexity index is 278. The lowest BCUT2D eigenvalue weighted by molar-refractivity contribution is 0.110. The minimum Gasteiger partial charge on any atom is -0.313 e. The van der Waals surface area contributed by atoms with Gasteiger partial charge in [0.15, 0.2) is 0 Å². The van der Waals surface area contributed by atoms with E-state index in [9.17, 15) is 0 Å². The van der Waals surface area contributed by atoms with Crippen LogP contribution in [0.1, 0.15) is 64.7 Å². The van der Waals surface area contributed by atoms with Crippen LogP contribution in [0, 0.1) is 30.1 Å². The Morgan fingerprint density at radius 2 is 1.94 bits per heavy atom. The van der Waals surface area contributed by atoms with Crippen molar-refractivity contribution in [1.82, 2.24) is 5.32 Å². The maximum absolute atomic E-state index is 5.55. The fourth-order valence-electron chi connectivity index (χ4n) is 4.14. The van der Waals surface area contributed by atoms with Crippen molar-refractivity contribution >= 4 is 0 Å². The van der Waals surface area contributed by atoms with Gasteiger partial charge in [-0.25, -0.2) is 0 Å². The zero-order valence-electron chi connectivity index (χ0n) is 12.0. The van der Waals surface area contributed by atoms with E-state index in [1.807, 2.05) is 0 Å². The largest absolute Gasteiger partial charge is 0.313 e. The van der Waals surface area contributed by atoms with Gasteiger partial charge in [-0.2, -0.15) is 0 Å². The zero-order chi connectivity index (χ0) is 12.8. The van der Waals surface area contributed by atoms with Crippen molar-refractivity contribution in [2.75, 3.05) is 6.54 Å². The topological polar surface area (TPSA) is 12.0 Å². The van der Waals surface area contributed by atoms with Crippen LogP contribution in [-0.4, -0.2) is 12.6 Å². The summed E-state index contributed by atoms with van der Waals surface area (Å²) in [5.74, 6) is 5.79. The highest BCUT2D eigenvalue weighted by Crippen LogP contribution is 2.43. The predicted molar refractivity (Wildman–Crippen MR) is 78.3 cm³/mol. The van der Waals surface area contributed by atoms with E-state index in [1.54, 1.807) is 0 Å². The molecule has 0 aromatic heterocycles. The molecule has 1 nitrogen and oxygen atoms in total. The second-order valence-electron chi connectivity index (χ2n) is 6.35. The van der Waals surface area contributed by atoms with Gasteiger partial charge in [0.1, 0.15) is 0 Å². The SMILES string of the molecule is C#CCC(NCCC)C1CCC2CCCCC2C1. The average molecular weight is 247 g/mol. The van der Waals surface area contributed by atoms with Gasteiger partial charge in [-0.05, 0) is 50.0 Å². The van der Waals surface area contributed by atoms with Crippen molar-refractivity contribution in [2.45, 2.75) is 70.8 Å². The van der Waals surface area contributed by atoms with Crippen molar-refractivity contribution in [2.24, 2.45) is 17.8 Å². The van der Waals surface area contributed by atoms with Crippen LogP contribution in [0.3, 0.4) is 0 Å². The van der Waals surface area contributed by atoms with Crippen LogP contribution in [0.2, 0.25) is 0 Å². The molecule has 18 heavy (non-hydrogen) atoms. The maximum atomic E-state index is 5.55. The van der Waals surface area contributed by atoms with Gasteiger partial charge in [-0.15, -0.1) is 12.3 Å². The zero-order valence-corrected chi connectivity index (χ0v) is 12.0. The third-order valence-corrected chi connectivity index (χ3v) is 5.14. The molecule has 4 atom stereocenters. The van der Waals surface area contributed by atoms with Gasteiger partial charge in [-0.3, -0.25) is 0 Å². The molecular weight excluding hydrogens is 218 g/mol. The molecule has 0 radical (unpaired) electrons. The number of rotatable bonds is 5. The third kappa shape index (κ3) is 3.51. The maximum Gasteiger partial charge on any atom is 0.0243 e. The van der Waals surface area contributed by atoms with Crippen LogP contribution in [0.15, 0.2) is 0 Å². The summed E-state index contributed by atoms with van der Waals surface area (Å²) in [6.45, 7) is 3.36. The molecule has 0 aliphatic heterocycles. The summed E-state index contributed by atoms with van der Waals surface area (Å²) in [6.07, 6.45) is 17.9. The smallest absolute Gasteiger partial charge is 0.0243 e. The van der Waals surface area contributed by atoms with E-state index >= 15 is 0 Å². The first-order valence-electron chi connectivity index (χ1n) is 8.02. The summed E-state index contributed by atoms with van der Waals surface area (Å²) in [6, 6.07) is 0.581. The highest BCUT2D eigenvalue weighted by atomic mass is 14.9. The standard InChI is InChI=1S/C17H29N/c1-3-7-17(18-12-4-2)16-11-10-14-8-5-6-9-15(14)13-16/h1,14-18H,4-13H2,2H3. The van der Waals surface area contributed by atoms with Crippen LogP contribution in [0.4, 0.5) is 0 Å². The lowest BCUT2D eigenvalue weighted by Crippen LogP contribution is -2.41. The first-order valence-corrected chi connectivity index (χ1v) is 8.02. The van der Waals surface area contributed by atoms with E-state index < -0.39 is 0 Å². The first-order chi connectivity index (χ1) is 8.85. The molecule has 0 saturated heterocycles. The fourth-order valence-corrected chi connectivity index (χ4v) is 4.14. The van der Waals surface area contributed by atoms with Crippen molar-refractivity contribution in [3.63, 3.8) is 0 Å². The molecule has 2 rings (SSSR count). The van der Waals surface area contributed by atoms with Gasteiger partial charge < -0.3 is 5.32 Å². The normalized spacial score (nSPS) is 33.4. The first kappa shape index (κ1) is 13.9. The Kier molecular flexibility index (Phi) is 5.57. The minimum atomic E-state index is 0.581. The summed E-state index contributed by atoms with van der Waals surface area (Å²) in [4.78, 5) is 0. The Balaban J connectivity index is 1.88. The van der Waals surface area contributed by atoms with Crippen LogP contribution in [0.25, 0.3) is 0 Å². The number of hydrogen-bond donors (Lipinski definition) is 1. The van der Waals surface area contributed by atoms with Gasteiger partial charge in [0.25, 0.3) is 0 Å². The van der Waals surface area contributed by atoms with Gasteiger partial charge >= 0.3 is 0 Å². The second kappa shape index (κ2) is 7.19. The van der Waals surface area contributed by atoms with E-state index in [1.165, 1.54) is 51.4 Å². The molecule has 4 unspecified atom stereocenters. The summed E-state index contributed by atoms with van der Waals surface area (Å²) in [7, 11) is 0. The van der Waals surface area contributed by atoms with E-state index in [0.29, 0.717) is 6.04 Å². The molecule has 0 spiro atoms. The average Bonchev–Trinajstić information content (AvgIpc) is 2.43. The number of nitrogens with one attached hydrogen (secondary N) is 1. The van der Waals surface area contributed by atoms with Gasteiger partial charge in [0.2, 0.25) is 0 Å². The van der Waals surface area contributed by atoms with Crippen molar-refractivity contribution in [3.05, 3.63) is 0 Å². The summed E-state index contributed by atoms with van der Waals surface area (Å²) in [5, 5.41) is 3.69. The van der Waals surface area contributed by atoms with Gasteiger partial charge in [0.05, 0.1) is 0 Å². The van der Waals surface area contributed by atoms with Crippen molar-refractivity contribution in [3.8, 4) is 12.3 Å². The Hall–Kier alpha value is -0.480. The van der Waals surface area contributed by atoms with E-state index in [0.717, 1.165) is 30.7 Å². The Labute approximate surface area is 113 Å². The van der Waals surface area contributed by atoms with Gasteiger partial charge in [0, 0.05) is 12.5 Å². The molecule has 0 heterocycles. The summed E-state index contributed by atoms with van der Waals surface area (Å²) >= 11 is 0. The molecule has 1 N–H and O–H groups in total. The molecule has 0 aromatic rings. The fraction of sp³-hybridized carbons (Fsp3) is 0.882. The Morgan fingerprint density at radius 1 is 1.17 bits per heavy atom. The van der Waals surface area contributed by atoms with E-state index in [-0.39, 0.29) is 0 Å². The second-order valence-corrected chi connectivity index (χ2v) is 6.35. The van der Waals surface area contributed by atoms with Crippen LogP contribution >= 0.6 is 0 Å². The monoisotopic (exact) mass is 247 g/mol.